The van der Waals surface area contributed by atoms with Crippen LogP contribution in [0.2, 0.25) is 0 Å². The largest absolute Gasteiger partial charge is 0.517 e. The molecule has 0 spiro atoms. The van der Waals surface area contributed by atoms with E-state index in [0.29, 0.717) is 29.3 Å². The van der Waals surface area contributed by atoms with Crippen LogP contribution in [0.25, 0.3) is 11.5 Å². The van der Waals surface area contributed by atoms with Crippen molar-refractivity contribution in [2.45, 2.75) is 43.5 Å². The van der Waals surface area contributed by atoms with Crippen molar-refractivity contribution in [1.29, 1.82) is 0 Å². The van der Waals surface area contributed by atoms with E-state index < -0.39 is 15.5 Å². The minimum absolute atomic E-state index is 0.0513. The van der Waals surface area contributed by atoms with E-state index in [2.05, 4.69) is 4.98 Å². The summed E-state index contributed by atoms with van der Waals surface area (Å²) >= 11 is 17.5. The number of carbonyl (C=O) groups is 1. The molecule has 0 radical (unpaired) electrons. The Hall–Kier alpha value is -1.63. The van der Waals surface area contributed by atoms with E-state index in [-0.39, 0.29) is 11.9 Å². The summed E-state index contributed by atoms with van der Waals surface area (Å²) in [5.74, 6) is 1.21. The summed E-state index contributed by atoms with van der Waals surface area (Å²) in [5, 5.41) is 0. The maximum atomic E-state index is 12.2. The molecular formula is C19H22Cl3NO5. The number of benzene rings is 1. The van der Waals surface area contributed by atoms with Crippen molar-refractivity contribution < 1.29 is 23.4 Å². The minimum Gasteiger partial charge on any atom is -0.497 e. The molecule has 0 fully saturated rings. The summed E-state index contributed by atoms with van der Waals surface area (Å²) in [7, 11) is 1.58. The third-order valence-electron chi connectivity index (χ3n) is 3.80. The smallest absolute Gasteiger partial charge is 0.497 e. The van der Waals surface area contributed by atoms with E-state index in [1.54, 1.807) is 31.4 Å². The second-order valence-electron chi connectivity index (χ2n) is 7.04. The Morgan fingerprint density at radius 3 is 2.29 bits per heavy atom. The number of alkyl halides is 3. The van der Waals surface area contributed by atoms with Gasteiger partial charge in [-0.05, 0) is 50.5 Å². The van der Waals surface area contributed by atoms with Crippen molar-refractivity contribution in [1.82, 2.24) is 4.98 Å². The lowest BCUT2D eigenvalue weighted by atomic mass is 10.1. The van der Waals surface area contributed by atoms with Gasteiger partial charge in [-0.3, -0.25) is 0 Å². The summed E-state index contributed by atoms with van der Waals surface area (Å²) < 4.78 is 19.4. The number of carbonyl (C=O) groups excluding carboxylic acids is 1. The van der Waals surface area contributed by atoms with Crippen molar-refractivity contribution in [3.63, 3.8) is 0 Å². The molecule has 0 aliphatic carbocycles. The Kier molecular flexibility index (Phi) is 7.12. The maximum Gasteiger partial charge on any atom is 0.517 e. The Morgan fingerprint density at radius 1 is 1.18 bits per heavy atom. The summed E-state index contributed by atoms with van der Waals surface area (Å²) in [6, 6.07) is 7.13. The summed E-state index contributed by atoms with van der Waals surface area (Å²) in [5.41, 5.74) is -0.216. The number of methoxy groups -OCH3 is 1. The fraction of sp³-hybridized carbons (Fsp3) is 0.474. The van der Waals surface area contributed by atoms with Crippen LogP contribution in [0.4, 0.5) is 4.79 Å². The maximum absolute atomic E-state index is 12.2. The first-order chi connectivity index (χ1) is 12.9. The van der Waals surface area contributed by atoms with Crippen molar-refractivity contribution >= 4 is 41.0 Å². The van der Waals surface area contributed by atoms with Gasteiger partial charge in [-0.1, -0.05) is 48.7 Å². The van der Waals surface area contributed by atoms with Crippen LogP contribution in [0.1, 0.15) is 33.4 Å². The predicted molar refractivity (Wildman–Crippen MR) is 109 cm³/mol. The van der Waals surface area contributed by atoms with Crippen molar-refractivity contribution in [2.24, 2.45) is 5.92 Å². The zero-order valence-electron chi connectivity index (χ0n) is 16.2. The average molecular weight is 451 g/mol. The molecule has 0 N–H and O–H groups in total. The van der Waals surface area contributed by atoms with Crippen LogP contribution in [0, 0.1) is 5.92 Å². The first-order valence-corrected chi connectivity index (χ1v) is 9.68. The fourth-order valence-corrected chi connectivity index (χ4v) is 2.27. The Bertz CT molecular complexity index is 810. The molecule has 1 heterocycles. The van der Waals surface area contributed by atoms with Gasteiger partial charge in [-0.25, -0.2) is 9.78 Å². The van der Waals surface area contributed by atoms with Gasteiger partial charge in [0.15, 0.2) is 5.60 Å². The van der Waals surface area contributed by atoms with Gasteiger partial charge in [0.2, 0.25) is 9.68 Å². The Labute approximate surface area is 179 Å². The molecule has 2 aromatic rings. The highest BCUT2D eigenvalue weighted by Crippen LogP contribution is 2.40. The van der Waals surface area contributed by atoms with Gasteiger partial charge < -0.3 is 18.6 Å². The number of nitrogens with zero attached hydrogens (tertiary/aromatic N) is 1. The third-order valence-corrected chi connectivity index (χ3v) is 5.16. The lowest BCUT2D eigenvalue weighted by Crippen LogP contribution is -2.42. The van der Waals surface area contributed by atoms with Crippen LogP contribution in [-0.4, -0.2) is 27.6 Å². The van der Waals surface area contributed by atoms with Crippen LogP contribution in [0.5, 0.6) is 11.7 Å². The molecule has 0 aliphatic heterocycles. The van der Waals surface area contributed by atoms with E-state index in [1.165, 1.54) is 13.8 Å². The van der Waals surface area contributed by atoms with Gasteiger partial charge in [0, 0.05) is 5.56 Å². The molecule has 0 bridgehead atoms. The van der Waals surface area contributed by atoms with E-state index >= 15 is 0 Å². The van der Waals surface area contributed by atoms with Crippen LogP contribution >= 0.6 is 34.8 Å². The predicted octanol–water partition coefficient (Wildman–Crippen LogP) is 6.21. The van der Waals surface area contributed by atoms with E-state index in [9.17, 15) is 4.79 Å². The molecule has 0 amide bonds. The quantitative estimate of drug-likeness (QED) is 0.385. The Morgan fingerprint density at radius 2 is 1.79 bits per heavy atom. The van der Waals surface area contributed by atoms with Crippen LogP contribution in [-0.2, 0) is 11.2 Å². The molecule has 6 nitrogen and oxygen atoms in total. The van der Waals surface area contributed by atoms with Crippen LogP contribution in [0.15, 0.2) is 28.7 Å². The van der Waals surface area contributed by atoms with Crippen molar-refractivity contribution in [2.75, 3.05) is 7.11 Å². The number of aromatic nitrogens is 1. The zero-order valence-corrected chi connectivity index (χ0v) is 18.5. The Balaban J connectivity index is 2.26. The number of halogens is 3. The van der Waals surface area contributed by atoms with Gasteiger partial charge in [0.1, 0.15) is 11.4 Å². The molecule has 154 valence electrons. The molecule has 0 aliphatic rings. The van der Waals surface area contributed by atoms with E-state index in [4.69, 9.17) is 53.4 Å². The lowest BCUT2D eigenvalue weighted by Gasteiger charge is -2.30. The van der Waals surface area contributed by atoms with Crippen LogP contribution in [0.3, 0.4) is 0 Å². The summed E-state index contributed by atoms with van der Waals surface area (Å²) in [4.78, 5) is 16.7. The first-order valence-electron chi connectivity index (χ1n) is 8.54. The number of rotatable bonds is 6. The molecule has 0 saturated carbocycles. The number of oxazole rings is 1. The molecule has 28 heavy (non-hydrogen) atoms. The number of ether oxygens (including phenoxy) is 3. The summed E-state index contributed by atoms with van der Waals surface area (Å²) in [6.45, 7) is 6.94. The molecule has 0 atom stereocenters. The number of hydrogen-bond donors (Lipinski definition) is 0. The highest BCUT2D eigenvalue weighted by atomic mass is 35.6. The molecule has 9 heteroatoms. The van der Waals surface area contributed by atoms with E-state index in [1.807, 2.05) is 13.8 Å². The van der Waals surface area contributed by atoms with Gasteiger partial charge in [-0.2, -0.15) is 0 Å². The van der Waals surface area contributed by atoms with Gasteiger partial charge >= 0.3 is 12.1 Å². The first kappa shape index (κ1) is 22.7. The average Bonchev–Trinajstić information content (AvgIpc) is 2.95. The third kappa shape index (κ3) is 5.69. The topological polar surface area (TPSA) is 70.8 Å². The molecule has 1 aromatic heterocycles. The number of hydrogen-bond acceptors (Lipinski definition) is 6. The highest BCUT2D eigenvalue weighted by molar-refractivity contribution is 6.68. The van der Waals surface area contributed by atoms with Gasteiger partial charge in [-0.15, -0.1) is 0 Å². The van der Waals surface area contributed by atoms with Crippen LogP contribution < -0.4 is 9.47 Å². The highest BCUT2D eigenvalue weighted by Gasteiger charge is 2.45. The van der Waals surface area contributed by atoms with Gasteiger partial charge in [0.05, 0.1) is 7.11 Å². The fourth-order valence-electron chi connectivity index (χ4n) is 2.15. The second-order valence-corrected chi connectivity index (χ2v) is 9.32. The lowest BCUT2D eigenvalue weighted by molar-refractivity contribution is 0.00703. The SMILES string of the molecule is COc1ccc(-c2nc(CC(C)C)c(OC(=O)OC(C)(C)C(Cl)(Cl)Cl)o2)cc1. The normalized spacial score (nSPS) is 12.2. The van der Waals surface area contributed by atoms with Gasteiger partial charge in [0.25, 0.3) is 0 Å². The molecule has 1 aromatic carbocycles. The monoisotopic (exact) mass is 449 g/mol. The molecular weight excluding hydrogens is 429 g/mol. The summed E-state index contributed by atoms with van der Waals surface area (Å²) in [6.07, 6.45) is -0.519. The zero-order chi connectivity index (χ0) is 21.1. The molecule has 0 saturated heterocycles. The standard InChI is InChI=1S/C19H22Cl3NO5/c1-11(2)10-14-16(27-17(24)28-18(3,4)19(20,21)22)26-15(23-14)12-6-8-13(25-5)9-7-12/h6-9,11H,10H2,1-5H3. The van der Waals surface area contributed by atoms with E-state index in [0.717, 1.165) is 0 Å². The molecule has 0 unspecified atom stereocenters. The second kappa shape index (κ2) is 8.80. The van der Waals surface area contributed by atoms with Crippen molar-refractivity contribution in [3.8, 4) is 23.1 Å². The minimum atomic E-state index is -1.83. The molecule has 2 rings (SSSR count). The van der Waals surface area contributed by atoms with Crippen molar-refractivity contribution in [3.05, 3.63) is 30.0 Å².